The van der Waals surface area contributed by atoms with Crippen LogP contribution in [0.3, 0.4) is 0 Å². The van der Waals surface area contributed by atoms with Crippen molar-refractivity contribution in [3.8, 4) is 0 Å². The maximum atomic E-state index is 12.9. The normalized spacial score (nSPS) is 13.0. The SMILES string of the molecule is CC/C=C\C/C=C\C/C=C\C/C=C\CCCCCCCCCCCCCCCCC(=O)OC(COC(=O)CCCCCCCCCCCCCCCCCCCCC/C=C\CCCCCCCCCC)COC(OCC[N+](C)(C)C)C(=O)O. The molecule has 1 N–H and O–H groups in total. The predicted octanol–water partition coefficient (Wildman–Crippen LogP) is 21.9. The highest BCUT2D eigenvalue weighted by molar-refractivity contribution is 5.71. The smallest absolute Gasteiger partial charge is 0.361 e. The molecule has 0 rings (SSSR count). The van der Waals surface area contributed by atoms with E-state index in [9.17, 15) is 19.5 Å². The fourth-order valence-corrected chi connectivity index (χ4v) is 10.4. The van der Waals surface area contributed by atoms with Crippen molar-refractivity contribution < 1.29 is 42.9 Å². The Balaban J connectivity index is 4.07. The summed E-state index contributed by atoms with van der Waals surface area (Å²) in [6.45, 7) is 4.82. The van der Waals surface area contributed by atoms with Crippen molar-refractivity contribution in [2.45, 2.75) is 347 Å². The molecule has 0 amide bonds. The summed E-state index contributed by atoms with van der Waals surface area (Å²) in [5.41, 5.74) is 0. The van der Waals surface area contributed by atoms with Crippen LogP contribution in [0.25, 0.3) is 0 Å². The number of aliphatic carboxylic acids is 1. The number of esters is 2. The molecule has 83 heavy (non-hydrogen) atoms. The number of nitrogens with zero attached hydrogens (tertiary/aromatic N) is 1. The standard InChI is InChI=1S/C74H135NO8/c1-6-8-10-12-14-16-18-20-22-24-26-28-30-32-34-35-36-37-39-40-42-44-46-48-50-52-54-56-58-60-62-64-71(76)81-68-70(69-82-74(73(78)79)80-67-66-75(3,4)5)83-72(77)65-63-61-59-57-55-53-51-49-47-45-43-41-38-33-31-29-27-25-23-21-19-17-15-13-11-9-7-2/h9,11,15,17,21,23-24,26-27,29,70,74H,6-8,10,12-14,16,18-20,22,25,28,30-69H2,1-5H3/p+1/b11-9-,17-15-,23-21-,26-24-,29-27-. The number of carboxylic acids is 1. The van der Waals surface area contributed by atoms with Crippen molar-refractivity contribution in [2.75, 3.05) is 47.5 Å². The van der Waals surface area contributed by atoms with Crippen molar-refractivity contribution in [3.63, 3.8) is 0 Å². The Morgan fingerprint density at radius 2 is 0.687 bits per heavy atom. The molecular formula is C74H136NO8+. The molecule has 0 saturated carbocycles. The minimum absolute atomic E-state index is 0.179. The fraction of sp³-hybridized carbons (Fsp3) is 0.824. The molecule has 2 unspecified atom stereocenters. The molecule has 0 spiro atoms. The van der Waals surface area contributed by atoms with Gasteiger partial charge in [0.15, 0.2) is 6.10 Å². The van der Waals surface area contributed by atoms with Crippen LogP contribution >= 0.6 is 0 Å². The van der Waals surface area contributed by atoms with Crippen molar-refractivity contribution in [1.29, 1.82) is 0 Å². The number of rotatable bonds is 66. The summed E-state index contributed by atoms with van der Waals surface area (Å²) in [6.07, 6.45) is 82.0. The summed E-state index contributed by atoms with van der Waals surface area (Å²) in [5, 5.41) is 9.75. The zero-order chi connectivity index (χ0) is 60.5. The lowest BCUT2D eigenvalue weighted by molar-refractivity contribution is -0.870. The second-order valence-corrected chi connectivity index (χ2v) is 25.2. The van der Waals surface area contributed by atoms with Gasteiger partial charge in [0, 0.05) is 12.8 Å². The van der Waals surface area contributed by atoms with Crippen LogP contribution in [-0.4, -0.2) is 87.4 Å². The van der Waals surface area contributed by atoms with Gasteiger partial charge in [-0.15, -0.1) is 0 Å². The zero-order valence-corrected chi connectivity index (χ0v) is 55.4. The first kappa shape index (κ1) is 80.0. The molecule has 0 bridgehead atoms. The summed E-state index contributed by atoms with van der Waals surface area (Å²) < 4.78 is 23.0. The van der Waals surface area contributed by atoms with E-state index in [1.165, 1.54) is 244 Å². The number of unbranched alkanes of at least 4 members (excludes halogenated alkanes) is 41. The van der Waals surface area contributed by atoms with Crippen LogP contribution in [0.15, 0.2) is 60.8 Å². The predicted molar refractivity (Wildman–Crippen MR) is 355 cm³/mol. The molecule has 0 aromatic carbocycles. The highest BCUT2D eigenvalue weighted by atomic mass is 16.7. The van der Waals surface area contributed by atoms with Crippen LogP contribution in [-0.2, 0) is 33.3 Å². The van der Waals surface area contributed by atoms with Gasteiger partial charge in [-0.2, -0.15) is 0 Å². The quantitative estimate of drug-likeness (QED) is 0.0211. The molecule has 2 atom stereocenters. The summed E-state index contributed by atoms with van der Waals surface area (Å²) in [7, 11) is 5.99. The number of hydrogen-bond donors (Lipinski definition) is 1. The fourth-order valence-electron chi connectivity index (χ4n) is 10.4. The molecule has 0 aliphatic heterocycles. The lowest BCUT2D eigenvalue weighted by Gasteiger charge is -2.25. The van der Waals surface area contributed by atoms with Gasteiger partial charge in [0.2, 0.25) is 0 Å². The number of carbonyl (C=O) groups is 3. The third-order valence-electron chi connectivity index (χ3n) is 15.8. The van der Waals surface area contributed by atoms with Crippen molar-refractivity contribution in [1.82, 2.24) is 0 Å². The number of allylic oxidation sites excluding steroid dienone is 10. The molecule has 0 fully saturated rings. The van der Waals surface area contributed by atoms with E-state index in [0.29, 0.717) is 17.4 Å². The largest absolute Gasteiger partial charge is 0.477 e. The first-order valence-corrected chi connectivity index (χ1v) is 35.5. The molecule has 0 aromatic rings. The molecular weight excluding hydrogens is 1030 g/mol. The van der Waals surface area contributed by atoms with Crippen molar-refractivity contribution in [2.24, 2.45) is 0 Å². The molecule has 0 heterocycles. The van der Waals surface area contributed by atoms with Crippen LogP contribution in [0.5, 0.6) is 0 Å². The van der Waals surface area contributed by atoms with E-state index in [0.717, 1.165) is 64.2 Å². The van der Waals surface area contributed by atoms with E-state index in [-0.39, 0.29) is 32.2 Å². The van der Waals surface area contributed by atoms with Crippen molar-refractivity contribution >= 4 is 17.9 Å². The zero-order valence-electron chi connectivity index (χ0n) is 55.4. The third kappa shape index (κ3) is 66.4. The minimum Gasteiger partial charge on any atom is -0.477 e. The van der Waals surface area contributed by atoms with Gasteiger partial charge in [0.25, 0.3) is 6.29 Å². The number of hydrogen-bond acceptors (Lipinski definition) is 7. The summed E-state index contributed by atoms with van der Waals surface area (Å²) in [4.78, 5) is 37.6. The maximum absolute atomic E-state index is 12.9. The van der Waals surface area contributed by atoms with Gasteiger partial charge >= 0.3 is 17.9 Å². The topological polar surface area (TPSA) is 108 Å². The minimum atomic E-state index is -1.51. The van der Waals surface area contributed by atoms with E-state index < -0.39 is 24.3 Å². The summed E-state index contributed by atoms with van der Waals surface area (Å²) >= 11 is 0. The molecule has 0 radical (unpaired) electrons. The van der Waals surface area contributed by atoms with Crippen LogP contribution in [0.1, 0.15) is 335 Å². The number of quaternary nitrogens is 1. The highest BCUT2D eigenvalue weighted by Gasteiger charge is 2.25. The number of likely N-dealkylation sites (N-methyl/N-ethyl adjacent to an activating group) is 1. The van der Waals surface area contributed by atoms with Gasteiger partial charge in [0.05, 0.1) is 34.4 Å². The second-order valence-electron chi connectivity index (χ2n) is 25.2. The highest BCUT2D eigenvalue weighted by Crippen LogP contribution is 2.18. The Morgan fingerprint density at radius 1 is 0.373 bits per heavy atom. The number of carbonyl (C=O) groups excluding carboxylic acids is 2. The molecule has 9 heteroatoms. The van der Waals surface area contributed by atoms with E-state index >= 15 is 0 Å². The molecule has 0 saturated heterocycles. The lowest BCUT2D eigenvalue weighted by Crippen LogP contribution is -2.40. The summed E-state index contributed by atoms with van der Waals surface area (Å²) in [5.74, 6) is -1.99. The van der Waals surface area contributed by atoms with E-state index in [4.69, 9.17) is 18.9 Å². The Labute approximate surface area is 514 Å². The molecule has 9 nitrogen and oxygen atoms in total. The molecule has 0 aromatic heterocycles. The van der Waals surface area contributed by atoms with E-state index in [1.807, 2.05) is 21.1 Å². The number of ether oxygens (including phenoxy) is 4. The van der Waals surface area contributed by atoms with E-state index in [2.05, 4.69) is 74.6 Å². The Bertz CT molecular complexity index is 1550. The van der Waals surface area contributed by atoms with Gasteiger partial charge in [-0.3, -0.25) is 9.59 Å². The second kappa shape index (κ2) is 65.0. The Kier molecular flexibility index (Phi) is 62.6. The summed E-state index contributed by atoms with van der Waals surface area (Å²) in [6, 6.07) is 0. The monoisotopic (exact) mass is 1170 g/mol. The van der Waals surface area contributed by atoms with Crippen molar-refractivity contribution in [3.05, 3.63) is 60.8 Å². The first-order valence-electron chi connectivity index (χ1n) is 35.5. The van der Waals surface area contributed by atoms with Gasteiger partial charge in [-0.1, -0.05) is 306 Å². The van der Waals surface area contributed by atoms with Gasteiger partial charge < -0.3 is 28.5 Å². The number of carboxylic acid groups (broad SMARTS) is 1. The van der Waals surface area contributed by atoms with Gasteiger partial charge in [-0.25, -0.2) is 4.79 Å². The first-order chi connectivity index (χ1) is 40.6. The Hall–Kier alpha value is -3.01. The third-order valence-corrected chi connectivity index (χ3v) is 15.8. The van der Waals surface area contributed by atoms with Crippen LogP contribution in [0, 0.1) is 0 Å². The van der Waals surface area contributed by atoms with Crippen LogP contribution in [0.4, 0.5) is 0 Å². The average molecular weight is 1170 g/mol. The van der Waals surface area contributed by atoms with Gasteiger partial charge in [0.1, 0.15) is 13.2 Å². The molecule has 484 valence electrons. The van der Waals surface area contributed by atoms with Gasteiger partial charge in [-0.05, 0) is 77.0 Å². The van der Waals surface area contributed by atoms with Crippen LogP contribution in [0.2, 0.25) is 0 Å². The van der Waals surface area contributed by atoms with Crippen LogP contribution < -0.4 is 0 Å². The Morgan fingerprint density at radius 3 is 1.04 bits per heavy atom. The molecule has 0 aliphatic carbocycles. The lowest BCUT2D eigenvalue weighted by atomic mass is 10.0. The molecule has 0 aliphatic rings. The average Bonchev–Trinajstić information content (AvgIpc) is 3.46. The maximum Gasteiger partial charge on any atom is 0.361 e. The van der Waals surface area contributed by atoms with E-state index in [1.54, 1.807) is 0 Å².